The van der Waals surface area contributed by atoms with Gasteiger partial charge < -0.3 is 15.7 Å². The third kappa shape index (κ3) is 4.11. The highest BCUT2D eigenvalue weighted by Crippen LogP contribution is 2.34. The molecule has 0 aromatic carbocycles. The molecule has 0 spiro atoms. The summed E-state index contributed by atoms with van der Waals surface area (Å²) in [4.78, 5) is 22.4. The smallest absolute Gasteiger partial charge is 0.315 e. The normalized spacial score (nSPS) is 25.3. The topological polar surface area (TPSA) is 78.4 Å². The van der Waals surface area contributed by atoms with Crippen molar-refractivity contribution in [1.82, 2.24) is 10.6 Å². The molecule has 1 saturated heterocycles. The minimum Gasteiger partial charge on any atom is -0.481 e. The van der Waals surface area contributed by atoms with Crippen molar-refractivity contribution in [1.29, 1.82) is 0 Å². The van der Waals surface area contributed by atoms with E-state index in [0.29, 0.717) is 5.92 Å². The molecule has 96 valence electrons. The largest absolute Gasteiger partial charge is 0.481 e. The third-order valence-corrected chi connectivity index (χ3v) is 4.33. The van der Waals surface area contributed by atoms with Gasteiger partial charge in [-0.05, 0) is 30.9 Å². The van der Waals surface area contributed by atoms with Crippen LogP contribution in [0.25, 0.3) is 0 Å². The van der Waals surface area contributed by atoms with E-state index in [-0.39, 0.29) is 24.5 Å². The summed E-state index contributed by atoms with van der Waals surface area (Å²) in [5.74, 6) is 1.56. The van der Waals surface area contributed by atoms with Gasteiger partial charge in [-0.1, -0.05) is 0 Å². The minimum atomic E-state index is -0.848. The summed E-state index contributed by atoms with van der Waals surface area (Å²) in [6.45, 7) is 0. The van der Waals surface area contributed by atoms with E-state index in [4.69, 9.17) is 5.11 Å². The van der Waals surface area contributed by atoms with E-state index in [1.54, 1.807) is 0 Å². The quantitative estimate of drug-likeness (QED) is 0.688. The predicted octanol–water partition coefficient (Wildman–Crippen LogP) is 1.04. The van der Waals surface area contributed by atoms with E-state index >= 15 is 0 Å². The zero-order chi connectivity index (χ0) is 12.3. The molecule has 3 N–H and O–H groups in total. The molecule has 2 atom stereocenters. The number of carbonyl (C=O) groups excluding carboxylic acids is 1. The Morgan fingerprint density at radius 3 is 2.65 bits per heavy atom. The Kier molecular flexibility index (Phi) is 4.15. The van der Waals surface area contributed by atoms with Crippen LogP contribution in [0.5, 0.6) is 0 Å². The average molecular weight is 258 g/mol. The van der Waals surface area contributed by atoms with Crippen molar-refractivity contribution < 1.29 is 14.7 Å². The van der Waals surface area contributed by atoms with Crippen molar-refractivity contribution in [3.63, 3.8) is 0 Å². The van der Waals surface area contributed by atoms with Gasteiger partial charge in [0.15, 0.2) is 0 Å². The molecule has 0 radical (unpaired) electrons. The predicted molar refractivity (Wildman–Crippen MR) is 66.2 cm³/mol. The molecule has 1 heterocycles. The molecule has 2 amide bonds. The number of hydrogen-bond acceptors (Lipinski definition) is 3. The molecule has 0 bridgehead atoms. The maximum absolute atomic E-state index is 11.7. The van der Waals surface area contributed by atoms with Gasteiger partial charge in [0.05, 0.1) is 6.42 Å². The second-order valence-corrected chi connectivity index (χ2v) is 5.87. The maximum Gasteiger partial charge on any atom is 0.315 e. The van der Waals surface area contributed by atoms with Gasteiger partial charge in [0.2, 0.25) is 0 Å². The van der Waals surface area contributed by atoms with Gasteiger partial charge in [-0.15, -0.1) is 0 Å². The van der Waals surface area contributed by atoms with Crippen LogP contribution in [-0.4, -0.2) is 40.7 Å². The Bertz CT molecular complexity index is 301. The number of carbonyl (C=O) groups is 2. The first-order valence-electron chi connectivity index (χ1n) is 6.01. The van der Waals surface area contributed by atoms with Gasteiger partial charge in [-0.3, -0.25) is 4.79 Å². The molecule has 1 saturated carbocycles. The lowest BCUT2D eigenvalue weighted by molar-refractivity contribution is -0.137. The molecule has 17 heavy (non-hydrogen) atoms. The zero-order valence-electron chi connectivity index (χ0n) is 9.65. The zero-order valence-corrected chi connectivity index (χ0v) is 10.5. The maximum atomic E-state index is 11.7. The molecule has 0 aromatic rings. The number of amides is 2. The van der Waals surface area contributed by atoms with E-state index in [9.17, 15) is 9.59 Å². The van der Waals surface area contributed by atoms with Crippen LogP contribution in [0.2, 0.25) is 0 Å². The second-order valence-electron chi connectivity index (χ2n) is 4.72. The van der Waals surface area contributed by atoms with Crippen molar-refractivity contribution in [3.8, 4) is 0 Å². The fourth-order valence-electron chi connectivity index (χ4n) is 2.07. The lowest BCUT2D eigenvalue weighted by atomic mass is 10.1. The number of rotatable bonds is 5. The van der Waals surface area contributed by atoms with Crippen LogP contribution in [0.3, 0.4) is 0 Å². The highest BCUT2D eigenvalue weighted by molar-refractivity contribution is 7.99. The SMILES string of the molecule is O=C(O)CC(NC(=O)NC1CCSC1)C1CC1. The van der Waals surface area contributed by atoms with E-state index in [0.717, 1.165) is 30.8 Å². The molecule has 6 heteroatoms. The molecule has 1 aliphatic heterocycles. The standard InChI is InChI=1S/C11H18N2O3S/c14-10(15)5-9(7-1-2-7)13-11(16)12-8-3-4-17-6-8/h7-9H,1-6H2,(H,14,15)(H2,12,13,16). The van der Waals surface area contributed by atoms with E-state index in [1.165, 1.54) is 0 Å². The Labute approximate surface area is 105 Å². The molecule has 1 aliphatic carbocycles. The first-order valence-corrected chi connectivity index (χ1v) is 7.17. The van der Waals surface area contributed by atoms with E-state index in [1.807, 2.05) is 11.8 Å². The lowest BCUT2D eigenvalue weighted by Gasteiger charge is -2.18. The summed E-state index contributed by atoms with van der Waals surface area (Å²) in [5.41, 5.74) is 0. The van der Waals surface area contributed by atoms with E-state index in [2.05, 4.69) is 10.6 Å². The summed E-state index contributed by atoms with van der Waals surface area (Å²) >= 11 is 1.84. The Hall–Kier alpha value is -0.910. The average Bonchev–Trinajstić information content (AvgIpc) is 2.97. The van der Waals surface area contributed by atoms with Crippen LogP contribution in [0.4, 0.5) is 4.79 Å². The van der Waals surface area contributed by atoms with Crippen molar-refractivity contribution in [2.45, 2.75) is 37.8 Å². The molecule has 2 unspecified atom stereocenters. The highest BCUT2D eigenvalue weighted by Gasteiger charge is 2.34. The number of urea groups is 1. The summed E-state index contributed by atoms with van der Waals surface area (Å²) in [5, 5.41) is 14.5. The lowest BCUT2D eigenvalue weighted by Crippen LogP contribution is -2.47. The van der Waals surface area contributed by atoms with Gasteiger partial charge in [-0.2, -0.15) is 11.8 Å². The Morgan fingerprint density at radius 1 is 1.35 bits per heavy atom. The summed E-state index contributed by atoms with van der Waals surface area (Å²) in [6.07, 6.45) is 3.08. The molecule has 2 rings (SSSR count). The van der Waals surface area contributed by atoms with Crippen LogP contribution >= 0.6 is 11.8 Å². The van der Waals surface area contributed by atoms with Gasteiger partial charge in [0.1, 0.15) is 0 Å². The second kappa shape index (κ2) is 5.62. The molecule has 2 fully saturated rings. The summed E-state index contributed by atoms with van der Waals surface area (Å²) < 4.78 is 0. The fourth-order valence-corrected chi connectivity index (χ4v) is 3.22. The number of thioether (sulfide) groups is 1. The van der Waals surface area contributed by atoms with E-state index < -0.39 is 5.97 Å². The van der Waals surface area contributed by atoms with Crippen LogP contribution in [0.1, 0.15) is 25.7 Å². The molecular weight excluding hydrogens is 240 g/mol. The van der Waals surface area contributed by atoms with Gasteiger partial charge in [0, 0.05) is 17.8 Å². The summed E-state index contributed by atoms with van der Waals surface area (Å²) in [7, 11) is 0. The highest BCUT2D eigenvalue weighted by atomic mass is 32.2. The fraction of sp³-hybridized carbons (Fsp3) is 0.818. The van der Waals surface area contributed by atoms with Crippen LogP contribution in [0.15, 0.2) is 0 Å². The van der Waals surface area contributed by atoms with Gasteiger partial charge in [-0.25, -0.2) is 4.79 Å². The van der Waals surface area contributed by atoms with Gasteiger partial charge in [0.25, 0.3) is 0 Å². The van der Waals surface area contributed by atoms with Crippen molar-refractivity contribution in [2.24, 2.45) is 5.92 Å². The Balaban J connectivity index is 1.76. The summed E-state index contributed by atoms with van der Waals surface area (Å²) in [6, 6.07) is -0.179. The first kappa shape index (κ1) is 12.5. The molecule has 5 nitrogen and oxygen atoms in total. The van der Waals surface area contributed by atoms with Crippen molar-refractivity contribution in [3.05, 3.63) is 0 Å². The monoisotopic (exact) mass is 258 g/mol. The molecule has 0 aromatic heterocycles. The number of nitrogens with one attached hydrogen (secondary N) is 2. The molecular formula is C11H18N2O3S. The number of carboxylic acid groups (broad SMARTS) is 1. The van der Waals surface area contributed by atoms with Gasteiger partial charge >= 0.3 is 12.0 Å². The van der Waals surface area contributed by atoms with Crippen molar-refractivity contribution in [2.75, 3.05) is 11.5 Å². The Morgan fingerprint density at radius 2 is 2.12 bits per heavy atom. The van der Waals surface area contributed by atoms with Crippen molar-refractivity contribution >= 4 is 23.8 Å². The van der Waals surface area contributed by atoms with Crippen LogP contribution in [-0.2, 0) is 4.79 Å². The van der Waals surface area contributed by atoms with Crippen LogP contribution in [0, 0.1) is 5.92 Å². The molecule has 2 aliphatic rings. The number of carboxylic acids is 1. The number of aliphatic carboxylic acids is 1. The minimum absolute atomic E-state index is 0.0253. The number of hydrogen-bond donors (Lipinski definition) is 3. The first-order chi connectivity index (χ1) is 8.15. The third-order valence-electron chi connectivity index (χ3n) is 3.17. The van der Waals surface area contributed by atoms with Crippen LogP contribution < -0.4 is 10.6 Å².